The molecule has 0 fully saturated rings. The van der Waals surface area contributed by atoms with Gasteiger partial charge in [0, 0.05) is 30.8 Å². The molecule has 0 spiro atoms. The zero-order valence-corrected chi connectivity index (χ0v) is 22.8. The molecule has 37 heavy (non-hydrogen) atoms. The number of ketones is 1. The van der Waals surface area contributed by atoms with E-state index < -0.39 is 27.3 Å². The number of nitrogens with one attached hydrogen (secondary N) is 1. The molecule has 2 amide bonds. The molecule has 2 heterocycles. The van der Waals surface area contributed by atoms with Crippen molar-refractivity contribution in [1.29, 1.82) is 0 Å². The summed E-state index contributed by atoms with van der Waals surface area (Å²) in [5, 5.41) is 3.30. The fourth-order valence-corrected chi connectivity index (χ4v) is 6.82. The normalized spacial score (nSPS) is 13.7. The summed E-state index contributed by atoms with van der Waals surface area (Å²) in [6.07, 6.45) is 0.00203. The van der Waals surface area contributed by atoms with Gasteiger partial charge in [-0.2, -0.15) is 0 Å². The van der Waals surface area contributed by atoms with Crippen LogP contribution < -0.4 is 10.2 Å². The van der Waals surface area contributed by atoms with Gasteiger partial charge in [0.15, 0.2) is 15.6 Å². The summed E-state index contributed by atoms with van der Waals surface area (Å²) in [5.41, 5.74) is 2.98. The molecule has 0 bridgehead atoms. The Morgan fingerprint density at radius 3 is 2.46 bits per heavy atom. The summed E-state index contributed by atoms with van der Waals surface area (Å²) < 4.78 is 25.2. The number of Topliss-reactive ketones (excluding diaryl/α,β-unsaturated/α-hetero) is 1. The molecule has 0 atom stereocenters. The van der Waals surface area contributed by atoms with Gasteiger partial charge in [-0.15, -0.1) is 11.3 Å². The second-order valence-corrected chi connectivity index (χ2v) is 12.9. The Labute approximate surface area is 224 Å². The number of anilines is 2. The number of nitrogens with zero attached hydrogens (tertiary/aromatic N) is 2. The van der Waals surface area contributed by atoms with Crippen LogP contribution in [-0.4, -0.2) is 63.9 Å². The number of hydrogen-bond acceptors (Lipinski definition) is 8. The quantitative estimate of drug-likeness (QED) is 0.378. The summed E-state index contributed by atoms with van der Waals surface area (Å²) in [6.45, 7) is 1.59. The molecule has 1 aliphatic heterocycles. The molecule has 0 saturated carbocycles. The highest BCUT2D eigenvalue weighted by atomic mass is 35.5. The van der Waals surface area contributed by atoms with E-state index in [-0.39, 0.29) is 23.0 Å². The number of benzene rings is 2. The lowest BCUT2D eigenvalue weighted by Crippen LogP contribution is -2.42. The molecule has 0 saturated heterocycles. The summed E-state index contributed by atoms with van der Waals surface area (Å²) in [6, 6.07) is 14.7. The predicted octanol–water partition coefficient (Wildman–Crippen LogP) is 3.69. The van der Waals surface area contributed by atoms with Crippen LogP contribution in [0.2, 0.25) is 4.34 Å². The Hall–Kier alpha value is -3.05. The minimum atomic E-state index is -3.76. The van der Waals surface area contributed by atoms with E-state index in [2.05, 4.69) is 10.2 Å². The van der Waals surface area contributed by atoms with E-state index in [4.69, 9.17) is 11.6 Å². The van der Waals surface area contributed by atoms with E-state index in [9.17, 15) is 22.8 Å². The summed E-state index contributed by atoms with van der Waals surface area (Å²) in [4.78, 5) is 41.7. The van der Waals surface area contributed by atoms with Gasteiger partial charge in [0.2, 0.25) is 5.91 Å². The topological polar surface area (TPSA) is 104 Å². The Morgan fingerprint density at radius 1 is 1.08 bits per heavy atom. The molecule has 1 aliphatic rings. The Bertz CT molecular complexity index is 1450. The predicted molar refractivity (Wildman–Crippen MR) is 146 cm³/mol. The lowest BCUT2D eigenvalue weighted by molar-refractivity contribution is -0.118. The molecule has 3 aromatic rings. The van der Waals surface area contributed by atoms with Crippen LogP contribution in [0, 0.1) is 0 Å². The molecule has 4 rings (SSSR count). The molecular formula is C26H26ClN3O5S2. The number of hydrogen-bond donors (Lipinski definition) is 1. The van der Waals surface area contributed by atoms with Gasteiger partial charge in [-0.1, -0.05) is 23.7 Å². The van der Waals surface area contributed by atoms with E-state index in [1.54, 1.807) is 30.3 Å². The number of halogens is 1. The monoisotopic (exact) mass is 559 g/mol. The minimum Gasteiger partial charge on any atom is -0.384 e. The van der Waals surface area contributed by atoms with Crippen LogP contribution in [0.5, 0.6) is 0 Å². The maximum Gasteiger partial charge on any atom is 0.265 e. The Morgan fingerprint density at radius 2 is 1.81 bits per heavy atom. The third-order valence-corrected chi connectivity index (χ3v) is 9.31. The zero-order valence-electron chi connectivity index (χ0n) is 20.4. The SMILES string of the molecule is CN(C)CCNc1ccc2c(c1)CC(=O)N(c1ccc(CC(=O)CS(=O)(=O)c3ccc(Cl)s3)cc1)C2=O. The number of thiophene rings is 1. The van der Waals surface area contributed by atoms with Gasteiger partial charge in [-0.05, 0) is 67.7 Å². The van der Waals surface area contributed by atoms with E-state index >= 15 is 0 Å². The van der Waals surface area contributed by atoms with Crippen LogP contribution >= 0.6 is 22.9 Å². The molecule has 0 aliphatic carbocycles. The third-order valence-electron chi connectivity index (χ3n) is 5.82. The first-order chi connectivity index (χ1) is 17.5. The van der Waals surface area contributed by atoms with Gasteiger partial charge >= 0.3 is 0 Å². The molecule has 8 nitrogen and oxygen atoms in total. The van der Waals surface area contributed by atoms with Crippen molar-refractivity contribution in [3.05, 3.63) is 75.6 Å². The number of likely N-dealkylation sites (N-methyl/N-ethyl adjacent to an activating group) is 1. The van der Waals surface area contributed by atoms with Crippen LogP contribution in [0.25, 0.3) is 0 Å². The first kappa shape index (κ1) is 27.0. The smallest absolute Gasteiger partial charge is 0.265 e. The molecular weight excluding hydrogens is 534 g/mol. The summed E-state index contributed by atoms with van der Waals surface area (Å²) >= 11 is 6.72. The standard InChI is InChI=1S/C26H26ClN3O5S2/c1-29(2)12-11-28-19-5-8-22-18(14-19)15-24(32)30(26(22)33)20-6-3-17(4-7-20)13-21(31)16-37(34,35)25-10-9-23(27)36-25/h3-10,14,28H,11-13,15-16H2,1-2H3. The van der Waals surface area contributed by atoms with Crippen LogP contribution in [-0.2, 0) is 32.3 Å². The molecule has 0 unspecified atom stereocenters. The lowest BCUT2D eigenvalue weighted by Gasteiger charge is -2.27. The van der Waals surface area contributed by atoms with Gasteiger partial charge < -0.3 is 10.2 Å². The van der Waals surface area contributed by atoms with Crippen LogP contribution in [0.3, 0.4) is 0 Å². The average molecular weight is 560 g/mol. The highest BCUT2D eigenvalue weighted by molar-refractivity contribution is 7.94. The maximum atomic E-state index is 13.1. The number of amides is 2. The van der Waals surface area contributed by atoms with Gasteiger partial charge in [0.1, 0.15) is 9.96 Å². The van der Waals surface area contributed by atoms with Crippen molar-refractivity contribution in [3.8, 4) is 0 Å². The number of fused-ring (bicyclic) bond motifs is 1. The number of imide groups is 1. The van der Waals surface area contributed by atoms with Gasteiger partial charge in [-0.3, -0.25) is 14.4 Å². The number of rotatable bonds is 10. The van der Waals surface area contributed by atoms with Crippen LogP contribution in [0.4, 0.5) is 11.4 Å². The van der Waals surface area contributed by atoms with Crippen LogP contribution in [0.15, 0.2) is 58.8 Å². The van der Waals surface area contributed by atoms with Gasteiger partial charge in [0.25, 0.3) is 5.91 Å². The minimum absolute atomic E-state index is 0.0556. The van der Waals surface area contributed by atoms with Crippen molar-refractivity contribution < 1.29 is 22.8 Å². The maximum absolute atomic E-state index is 13.1. The van der Waals surface area contributed by atoms with Crippen molar-refractivity contribution in [2.75, 3.05) is 43.2 Å². The molecule has 11 heteroatoms. The highest BCUT2D eigenvalue weighted by Crippen LogP contribution is 2.29. The summed E-state index contributed by atoms with van der Waals surface area (Å²) in [7, 11) is 0.210. The highest BCUT2D eigenvalue weighted by Gasteiger charge is 2.32. The first-order valence-electron chi connectivity index (χ1n) is 11.5. The van der Waals surface area contributed by atoms with Crippen molar-refractivity contribution >= 4 is 61.7 Å². The Kier molecular flexibility index (Phi) is 8.13. The fraction of sp³-hybridized carbons (Fsp3) is 0.269. The molecule has 0 radical (unpaired) electrons. The summed E-state index contributed by atoms with van der Waals surface area (Å²) in [5.74, 6) is -1.84. The second-order valence-electron chi connectivity index (χ2n) is 9.01. The Balaban J connectivity index is 1.42. The van der Waals surface area contributed by atoms with E-state index in [1.807, 2.05) is 26.2 Å². The van der Waals surface area contributed by atoms with Crippen molar-refractivity contribution in [1.82, 2.24) is 4.90 Å². The number of sulfone groups is 1. The van der Waals surface area contributed by atoms with E-state index in [0.29, 0.717) is 26.7 Å². The van der Waals surface area contributed by atoms with Crippen molar-refractivity contribution in [3.63, 3.8) is 0 Å². The number of carbonyl (C=O) groups excluding carboxylic acids is 3. The molecule has 194 valence electrons. The number of carbonyl (C=O) groups is 3. The van der Waals surface area contributed by atoms with Crippen molar-refractivity contribution in [2.45, 2.75) is 17.1 Å². The van der Waals surface area contributed by atoms with Crippen molar-refractivity contribution in [2.24, 2.45) is 0 Å². The van der Waals surface area contributed by atoms with Crippen LogP contribution in [0.1, 0.15) is 21.5 Å². The van der Waals surface area contributed by atoms with Gasteiger partial charge in [0.05, 0.1) is 16.4 Å². The average Bonchev–Trinajstić information content (AvgIpc) is 3.27. The van der Waals surface area contributed by atoms with E-state index in [1.165, 1.54) is 12.1 Å². The lowest BCUT2D eigenvalue weighted by atomic mass is 9.97. The van der Waals surface area contributed by atoms with Gasteiger partial charge in [-0.25, -0.2) is 13.3 Å². The zero-order chi connectivity index (χ0) is 26.7. The molecule has 1 N–H and O–H groups in total. The van der Waals surface area contributed by atoms with E-state index in [0.717, 1.165) is 35.0 Å². The molecule has 2 aromatic carbocycles. The second kappa shape index (κ2) is 11.1. The molecule has 1 aromatic heterocycles. The third kappa shape index (κ3) is 6.45. The first-order valence-corrected chi connectivity index (χ1v) is 14.4. The largest absolute Gasteiger partial charge is 0.384 e. The fourth-order valence-electron chi connectivity index (χ4n) is 4.01.